The Balaban J connectivity index is 1.71. The molecule has 0 unspecified atom stereocenters. The summed E-state index contributed by atoms with van der Waals surface area (Å²) in [5, 5.41) is 3.99. The van der Waals surface area contributed by atoms with Crippen molar-refractivity contribution in [3.8, 4) is 17.1 Å². The molecule has 124 valence electrons. The van der Waals surface area contributed by atoms with E-state index in [0.29, 0.717) is 11.7 Å². The molecular formula is C19H21N3O2. The summed E-state index contributed by atoms with van der Waals surface area (Å²) >= 11 is 0. The van der Waals surface area contributed by atoms with E-state index in [-0.39, 0.29) is 11.5 Å². The van der Waals surface area contributed by atoms with E-state index in [1.165, 1.54) is 5.56 Å². The summed E-state index contributed by atoms with van der Waals surface area (Å²) in [5.74, 6) is 1.72. The van der Waals surface area contributed by atoms with Crippen molar-refractivity contribution in [2.24, 2.45) is 0 Å². The van der Waals surface area contributed by atoms with Crippen LogP contribution in [0.25, 0.3) is 11.4 Å². The fraction of sp³-hybridized carbons (Fsp3) is 0.316. The van der Waals surface area contributed by atoms with E-state index in [1.54, 1.807) is 12.4 Å². The van der Waals surface area contributed by atoms with E-state index in [2.05, 4.69) is 48.0 Å². The zero-order valence-electron chi connectivity index (χ0n) is 14.4. The molecular weight excluding hydrogens is 302 g/mol. The number of aromatic nitrogens is 3. The third-order valence-corrected chi connectivity index (χ3v) is 3.74. The number of benzene rings is 1. The number of ether oxygens (including phenoxy) is 1. The maximum absolute atomic E-state index is 5.91. The molecule has 0 aliphatic heterocycles. The van der Waals surface area contributed by atoms with Crippen molar-refractivity contribution in [3.05, 3.63) is 60.2 Å². The van der Waals surface area contributed by atoms with Crippen LogP contribution in [0.3, 0.4) is 0 Å². The summed E-state index contributed by atoms with van der Waals surface area (Å²) < 4.78 is 11.2. The molecule has 0 spiro atoms. The Kier molecular flexibility index (Phi) is 4.34. The van der Waals surface area contributed by atoms with Crippen LogP contribution in [0.5, 0.6) is 5.75 Å². The molecule has 5 heteroatoms. The Morgan fingerprint density at radius 2 is 1.83 bits per heavy atom. The second-order valence-electron chi connectivity index (χ2n) is 6.73. The van der Waals surface area contributed by atoms with E-state index < -0.39 is 0 Å². The first kappa shape index (κ1) is 16.2. The molecule has 0 bridgehead atoms. The maximum atomic E-state index is 5.91. The van der Waals surface area contributed by atoms with Crippen LogP contribution in [-0.4, -0.2) is 15.1 Å². The van der Waals surface area contributed by atoms with Crippen molar-refractivity contribution < 1.29 is 9.26 Å². The SMILES string of the molecule is C[C@@H](Oc1ccc(C(C)(C)C)cc1)c1nc(-c2cccnc2)no1. The van der Waals surface area contributed by atoms with Gasteiger partial charge in [-0.2, -0.15) is 4.98 Å². The molecule has 0 fully saturated rings. The number of nitrogens with zero attached hydrogens (tertiary/aromatic N) is 3. The van der Waals surface area contributed by atoms with Gasteiger partial charge in [0.25, 0.3) is 5.89 Å². The number of pyridine rings is 1. The summed E-state index contributed by atoms with van der Waals surface area (Å²) in [5.41, 5.74) is 2.20. The van der Waals surface area contributed by atoms with Crippen molar-refractivity contribution in [3.63, 3.8) is 0 Å². The van der Waals surface area contributed by atoms with Crippen LogP contribution in [0.4, 0.5) is 0 Å². The number of rotatable bonds is 4. The van der Waals surface area contributed by atoms with Crippen LogP contribution in [0, 0.1) is 0 Å². The van der Waals surface area contributed by atoms with Gasteiger partial charge in [0.15, 0.2) is 6.10 Å². The van der Waals surface area contributed by atoms with Gasteiger partial charge in [0, 0.05) is 18.0 Å². The minimum absolute atomic E-state index is 0.120. The fourth-order valence-corrected chi connectivity index (χ4v) is 2.30. The van der Waals surface area contributed by atoms with Crippen LogP contribution in [-0.2, 0) is 5.41 Å². The molecule has 2 aromatic heterocycles. The van der Waals surface area contributed by atoms with Gasteiger partial charge >= 0.3 is 0 Å². The third kappa shape index (κ3) is 3.62. The van der Waals surface area contributed by atoms with Gasteiger partial charge in [0.1, 0.15) is 5.75 Å². The summed E-state index contributed by atoms with van der Waals surface area (Å²) in [6, 6.07) is 11.8. The molecule has 24 heavy (non-hydrogen) atoms. The van der Waals surface area contributed by atoms with Crippen LogP contribution >= 0.6 is 0 Å². The highest BCUT2D eigenvalue weighted by atomic mass is 16.5. The van der Waals surface area contributed by atoms with Crippen molar-refractivity contribution in [2.45, 2.75) is 39.2 Å². The molecule has 0 radical (unpaired) electrons. The van der Waals surface area contributed by atoms with E-state index >= 15 is 0 Å². The third-order valence-electron chi connectivity index (χ3n) is 3.74. The molecule has 0 saturated heterocycles. The average molecular weight is 323 g/mol. The highest BCUT2D eigenvalue weighted by Crippen LogP contribution is 2.27. The lowest BCUT2D eigenvalue weighted by atomic mass is 9.87. The first-order chi connectivity index (χ1) is 11.4. The van der Waals surface area contributed by atoms with Gasteiger partial charge in [-0.25, -0.2) is 0 Å². The Bertz CT molecular complexity index is 789. The van der Waals surface area contributed by atoms with Crippen LogP contribution in [0.15, 0.2) is 53.3 Å². The van der Waals surface area contributed by atoms with Crippen molar-refractivity contribution in [2.75, 3.05) is 0 Å². The van der Waals surface area contributed by atoms with Crippen LogP contribution in [0.2, 0.25) is 0 Å². The summed E-state index contributed by atoms with van der Waals surface area (Å²) in [6.45, 7) is 8.44. The van der Waals surface area contributed by atoms with E-state index in [1.807, 2.05) is 31.2 Å². The van der Waals surface area contributed by atoms with Crippen LogP contribution in [0.1, 0.15) is 45.3 Å². The Labute approximate surface area is 141 Å². The standard InChI is InChI=1S/C19H21N3O2/c1-13(23-16-9-7-15(8-10-16)19(2,3)4)18-21-17(22-24-18)14-6-5-11-20-12-14/h5-13H,1-4H3/t13-/m1/s1. The molecule has 2 heterocycles. The largest absolute Gasteiger partial charge is 0.481 e. The Morgan fingerprint density at radius 3 is 2.46 bits per heavy atom. The molecule has 0 amide bonds. The maximum Gasteiger partial charge on any atom is 0.267 e. The monoisotopic (exact) mass is 323 g/mol. The lowest BCUT2D eigenvalue weighted by Gasteiger charge is -2.19. The fourth-order valence-electron chi connectivity index (χ4n) is 2.30. The van der Waals surface area contributed by atoms with Crippen molar-refractivity contribution in [1.82, 2.24) is 15.1 Å². The lowest BCUT2D eigenvalue weighted by molar-refractivity contribution is 0.175. The summed E-state index contributed by atoms with van der Waals surface area (Å²) in [6.07, 6.45) is 3.08. The van der Waals surface area contributed by atoms with E-state index in [4.69, 9.17) is 9.26 Å². The van der Waals surface area contributed by atoms with E-state index in [0.717, 1.165) is 11.3 Å². The van der Waals surface area contributed by atoms with Gasteiger partial charge in [0.05, 0.1) is 0 Å². The Hall–Kier alpha value is -2.69. The van der Waals surface area contributed by atoms with Gasteiger partial charge in [-0.1, -0.05) is 38.1 Å². The molecule has 0 saturated carbocycles. The van der Waals surface area contributed by atoms with Gasteiger partial charge < -0.3 is 9.26 Å². The molecule has 1 atom stereocenters. The molecule has 3 rings (SSSR count). The van der Waals surface area contributed by atoms with Crippen molar-refractivity contribution >= 4 is 0 Å². The molecule has 3 aromatic rings. The second kappa shape index (κ2) is 6.43. The topological polar surface area (TPSA) is 61.0 Å². The highest BCUT2D eigenvalue weighted by molar-refractivity contribution is 5.51. The van der Waals surface area contributed by atoms with Gasteiger partial charge in [-0.3, -0.25) is 4.98 Å². The minimum Gasteiger partial charge on any atom is -0.481 e. The number of hydrogen-bond donors (Lipinski definition) is 0. The molecule has 0 aliphatic carbocycles. The zero-order chi connectivity index (χ0) is 17.2. The smallest absolute Gasteiger partial charge is 0.267 e. The van der Waals surface area contributed by atoms with Gasteiger partial charge in [-0.15, -0.1) is 0 Å². The Morgan fingerprint density at radius 1 is 1.08 bits per heavy atom. The zero-order valence-corrected chi connectivity index (χ0v) is 14.4. The molecule has 5 nitrogen and oxygen atoms in total. The van der Waals surface area contributed by atoms with Crippen LogP contribution < -0.4 is 4.74 Å². The predicted octanol–water partition coefficient (Wildman–Crippen LogP) is 4.57. The summed E-state index contributed by atoms with van der Waals surface area (Å²) in [7, 11) is 0. The quantitative estimate of drug-likeness (QED) is 0.704. The normalized spacial score (nSPS) is 12.8. The molecule has 0 N–H and O–H groups in total. The number of hydrogen-bond acceptors (Lipinski definition) is 5. The second-order valence-corrected chi connectivity index (χ2v) is 6.73. The lowest BCUT2D eigenvalue weighted by Crippen LogP contribution is -2.10. The summed E-state index contributed by atoms with van der Waals surface area (Å²) in [4.78, 5) is 8.45. The first-order valence-electron chi connectivity index (χ1n) is 7.95. The predicted molar refractivity (Wildman–Crippen MR) is 91.7 cm³/mol. The van der Waals surface area contributed by atoms with Gasteiger partial charge in [0.2, 0.25) is 5.82 Å². The van der Waals surface area contributed by atoms with Gasteiger partial charge in [-0.05, 0) is 42.2 Å². The molecule has 1 aromatic carbocycles. The minimum atomic E-state index is -0.330. The van der Waals surface area contributed by atoms with Crippen molar-refractivity contribution in [1.29, 1.82) is 0 Å². The first-order valence-corrected chi connectivity index (χ1v) is 7.95. The molecule has 0 aliphatic rings. The average Bonchev–Trinajstić information content (AvgIpc) is 3.05. The highest BCUT2D eigenvalue weighted by Gasteiger charge is 2.18. The van der Waals surface area contributed by atoms with E-state index in [9.17, 15) is 0 Å².